The van der Waals surface area contributed by atoms with Crippen LogP contribution in [0.1, 0.15) is 36.4 Å². The van der Waals surface area contributed by atoms with Crippen LogP contribution in [0.15, 0.2) is 59.6 Å². The van der Waals surface area contributed by atoms with E-state index < -0.39 is 5.54 Å². The average Bonchev–Trinajstić information content (AvgIpc) is 3.51. The highest BCUT2D eigenvalue weighted by Gasteiger charge is 2.53. The van der Waals surface area contributed by atoms with Gasteiger partial charge < -0.3 is 15.0 Å². The molecule has 1 aliphatic heterocycles. The summed E-state index contributed by atoms with van der Waals surface area (Å²) in [7, 11) is 1.67. The van der Waals surface area contributed by atoms with E-state index in [1.165, 1.54) is 12.8 Å². The highest BCUT2D eigenvalue weighted by Crippen LogP contribution is 2.47. The predicted octanol–water partition coefficient (Wildman–Crippen LogP) is 4.18. The van der Waals surface area contributed by atoms with E-state index in [4.69, 9.17) is 21.3 Å². The van der Waals surface area contributed by atoms with Crippen molar-refractivity contribution in [1.82, 2.24) is 10.2 Å². The van der Waals surface area contributed by atoms with Crippen LogP contribution >= 0.6 is 11.6 Å². The van der Waals surface area contributed by atoms with Gasteiger partial charge in [-0.25, -0.2) is 0 Å². The first-order valence-electron chi connectivity index (χ1n) is 10.5. The van der Waals surface area contributed by atoms with Crippen molar-refractivity contribution in [2.24, 2.45) is 10.9 Å². The van der Waals surface area contributed by atoms with E-state index in [2.05, 4.69) is 10.2 Å². The number of benzene rings is 2. The van der Waals surface area contributed by atoms with Gasteiger partial charge in [-0.05, 0) is 48.4 Å². The summed E-state index contributed by atoms with van der Waals surface area (Å²) in [5, 5.41) is 3.80. The number of ether oxygens (including phenoxy) is 1. The lowest BCUT2D eigenvalue weighted by atomic mass is 9.79. The highest BCUT2D eigenvalue weighted by atomic mass is 35.5. The number of aliphatic imine (C=N–C) groups is 1. The molecule has 30 heavy (non-hydrogen) atoms. The lowest BCUT2D eigenvalue weighted by molar-refractivity contribution is -0.128. The van der Waals surface area contributed by atoms with Crippen LogP contribution in [0.5, 0.6) is 0 Å². The van der Waals surface area contributed by atoms with Crippen LogP contribution in [0.2, 0.25) is 5.02 Å². The Labute approximate surface area is 183 Å². The molecule has 158 valence electrons. The Morgan fingerprint density at radius 3 is 2.60 bits per heavy atom. The third kappa shape index (κ3) is 4.23. The Hall–Kier alpha value is -2.37. The molecule has 0 saturated heterocycles. The van der Waals surface area contributed by atoms with Crippen molar-refractivity contribution in [2.45, 2.75) is 30.8 Å². The maximum atomic E-state index is 13.7. The second-order valence-electron chi connectivity index (χ2n) is 8.07. The predicted molar refractivity (Wildman–Crippen MR) is 120 cm³/mol. The van der Waals surface area contributed by atoms with Crippen molar-refractivity contribution in [3.05, 3.63) is 70.7 Å². The molecule has 0 spiro atoms. The summed E-state index contributed by atoms with van der Waals surface area (Å²) >= 11 is 6.16. The van der Waals surface area contributed by atoms with Gasteiger partial charge in [-0.3, -0.25) is 9.79 Å². The average molecular weight is 426 g/mol. The number of nitrogens with zero attached hydrogens (tertiary/aromatic N) is 2. The lowest BCUT2D eigenvalue weighted by Gasteiger charge is -2.37. The van der Waals surface area contributed by atoms with E-state index in [0.717, 1.165) is 24.1 Å². The molecule has 5 nitrogen and oxygen atoms in total. The molecule has 2 aliphatic rings. The van der Waals surface area contributed by atoms with Crippen LogP contribution in [0.3, 0.4) is 0 Å². The molecule has 2 unspecified atom stereocenters. The fourth-order valence-electron chi connectivity index (χ4n) is 4.16. The zero-order chi connectivity index (χ0) is 21.0. The molecule has 0 bridgehead atoms. The second kappa shape index (κ2) is 9.19. The molecule has 4 rings (SSSR count). The van der Waals surface area contributed by atoms with Gasteiger partial charge in [0, 0.05) is 31.8 Å². The number of nitrogens with one attached hydrogen (secondary N) is 1. The fraction of sp³-hybridized carbons (Fsp3) is 0.417. The topological polar surface area (TPSA) is 53.9 Å². The normalized spacial score (nSPS) is 23.0. The number of halogens is 1. The van der Waals surface area contributed by atoms with Crippen molar-refractivity contribution >= 4 is 23.8 Å². The van der Waals surface area contributed by atoms with Crippen molar-refractivity contribution in [3.8, 4) is 0 Å². The van der Waals surface area contributed by atoms with Gasteiger partial charge in [0.25, 0.3) is 5.91 Å². The summed E-state index contributed by atoms with van der Waals surface area (Å²) < 4.78 is 5.13. The van der Waals surface area contributed by atoms with E-state index in [9.17, 15) is 4.79 Å². The molecule has 0 radical (unpaired) electrons. The van der Waals surface area contributed by atoms with Gasteiger partial charge in [0.05, 0.1) is 12.4 Å². The molecule has 0 aromatic heterocycles. The first kappa shape index (κ1) is 20.9. The SMILES string of the molecule is COCCCNC(=O)C1(c2ccccc2)N=CN(CC2CC2)C1c1ccc(Cl)cc1. The van der Waals surface area contributed by atoms with E-state index in [1.54, 1.807) is 7.11 Å². The number of carbonyl (C=O) groups is 1. The molecule has 2 atom stereocenters. The van der Waals surface area contributed by atoms with Crippen molar-refractivity contribution in [2.75, 3.05) is 26.8 Å². The zero-order valence-corrected chi connectivity index (χ0v) is 18.0. The van der Waals surface area contributed by atoms with Crippen LogP contribution in [-0.2, 0) is 15.1 Å². The molecule has 1 amide bonds. The van der Waals surface area contributed by atoms with E-state index in [0.29, 0.717) is 24.1 Å². The summed E-state index contributed by atoms with van der Waals surface area (Å²) in [5.41, 5.74) is 0.883. The molecule has 6 heteroatoms. The molecule has 1 heterocycles. The number of methoxy groups -OCH3 is 1. The third-order valence-electron chi connectivity index (χ3n) is 5.86. The van der Waals surface area contributed by atoms with Crippen LogP contribution in [0.25, 0.3) is 0 Å². The monoisotopic (exact) mass is 425 g/mol. The largest absolute Gasteiger partial charge is 0.385 e. The summed E-state index contributed by atoms with van der Waals surface area (Å²) in [4.78, 5) is 20.9. The maximum absolute atomic E-state index is 13.7. The second-order valence-corrected chi connectivity index (χ2v) is 8.51. The van der Waals surface area contributed by atoms with Gasteiger partial charge in [-0.1, -0.05) is 54.1 Å². The van der Waals surface area contributed by atoms with Crippen molar-refractivity contribution < 1.29 is 9.53 Å². The quantitative estimate of drug-likeness (QED) is 0.613. The minimum Gasteiger partial charge on any atom is -0.385 e. The number of hydrogen-bond acceptors (Lipinski definition) is 4. The standard InChI is InChI=1S/C24H28ClN3O2/c1-30-15-5-14-26-23(29)24(20-6-3-2-4-7-20)22(19-10-12-21(25)13-11-19)28(17-27-24)16-18-8-9-18/h2-4,6-7,10-13,17-18,22H,5,8-9,14-16H2,1H3,(H,26,29). The van der Waals surface area contributed by atoms with Gasteiger partial charge in [0.2, 0.25) is 0 Å². The zero-order valence-electron chi connectivity index (χ0n) is 17.3. The van der Waals surface area contributed by atoms with Crippen LogP contribution in [0.4, 0.5) is 0 Å². The Bertz CT molecular complexity index is 883. The number of amides is 1. The van der Waals surface area contributed by atoms with Gasteiger partial charge in [-0.15, -0.1) is 0 Å². The minimum atomic E-state index is -1.04. The molecule has 1 N–H and O–H groups in total. The fourth-order valence-corrected chi connectivity index (χ4v) is 4.29. The summed E-state index contributed by atoms with van der Waals surface area (Å²) in [5.74, 6) is 0.585. The Morgan fingerprint density at radius 1 is 1.20 bits per heavy atom. The van der Waals surface area contributed by atoms with Gasteiger partial charge in [0.15, 0.2) is 5.54 Å². The van der Waals surface area contributed by atoms with E-state index >= 15 is 0 Å². The Balaban J connectivity index is 1.74. The molecule has 1 saturated carbocycles. The number of hydrogen-bond donors (Lipinski definition) is 1. The maximum Gasteiger partial charge on any atom is 0.255 e. The Morgan fingerprint density at radius 2 is 1.93 bits per heavy atom. The first-order valence-corrected chi connectivity index (χ1v) is 10.9. The van der Waals surface area contributed by atoms with E-state index in [-0.39, 0.29) is 11.9 Å². The molecular weight excluding hydrogens is 398 g/mol. The van der Waals surface area contributed by atoms with Crippen LogP contribution < -0.4 is 5.32 Å². The molecular formula is C24H28ClN3O2. The Kier molecular flexibility index (Phi) is 6.40. The van der Waals surface area contributed by atoms with Gasteiger partial charge >= 0.3 is 0 Å². The molecule has 2 aromatic rings. The molecule has 1 fully saturated rings. The summed E-state index contributed by atoms with van der Waals surface area (Å²) in [6.07, 6.45) is 5.10. The highest BCUT2D eigenvalue weighted by molar-refractivity contribution is 6.30. The summed E-state index contributed by atoms with van der Waals surface area (Å²) in [6.45, 7) is 2.06. The smallest absolute Gasteiger partial charge is 0.255 e. The van der Waals surface area contributed by atoms with Crippen LogP contribution in [0, 0.1) is 5.92 Å². The minimum absolute atomic E-state index is 0.0840. The van der Waals surface area contributed by atoms with Crippen molar-refractivity contribution in [3.63, 3.8) is 0 Å². The third-order valence-corrected chi connectivity index (χ3v) is 6.11. The van der Waals surface area contributed by atoms with Gasteiger partial charge in [-0.2, -0.15) is 0 Å². The van der Waals surface area contributed by atoms with Gasteiger partial charge in [0.1, 0.15) is 0 Å². The van der Waals surface area contributed by atoms with Crippen molar-refractivity contribution in [1.29, 1.82) is 0 Å². The van der Waals surface area contributed by atoms with E-state index in [1.807, 2.05) is 60.9 Å². The number of carbonyl (C=O) groups excluding carboxylic acids is 1. The lowest BCUT2D eigenvalue weighted by Crippen LogP contribution is -2.49. The number of rotatable bonds is 9. The van der Waals surface area contributed by atoms with Crippen LogP contribution in [-0.4, -0.2) is 44.0 Å². The summed E-state index contributed by atoms with van der Waals surface area (Å²) in [6, 6.07) is 17.5. The molecule has 2 aromatic carbocycles. The molecule has 1 aliphatic carbocycles. The first-order chi connectivity index (χ1) is 14.6.